The number of anilines is 1. The number of aromatic nitrogens is 6. The van der Waals surface area contributed by atoms with Crippen molar-refractivity contribution in [1.82, 2.24) is 30.2 Å². The molecule has 2 heterocycles. The van der Waals surface area contributed by atoms with Crippen molar-refractivity contribution < 1.29 is 4.79 Å². The predicted octanol–water partition coefficient (Wildman–Crippen LogP) is 3.09. The minimum absolute atomic E-state index is 0.0762. The first-order valence-electron chi connectivity index (χ1n) is 8.56. The van der Waals surface area contributed by atoms with E-state index in [1.807, 2.05) is 24.3 Å². The highest BCUT2D eigenvalue weighted by atomic mass is 16.1. The number of carbonyl (C=O) groups is 1. The normalized spacial score (nSPS) is 11.7. The molecule has 8 nitrogen and oxygen atoms in total. The highest BCUT2D eigenvalue weighted by Crippen LogP contribution is 2.24. The van der Waals surface area contributed by atoms with Crippen LogP contribution < -0.4 is 5.32 Å². The van der Waals surface area contributed by atoms with Gasteiger partial charge in [0.2, 0.25) is 0 Å². The second-order valence-corrected chi connectivity index (χ2v) is 7.29. The number of hydrogen-bond acceptors (Lipinski definition) is 5. The average Bonchev–Trinajstić information content (AvgIpc) is 3.30. The molecule has 27 heavy (non-hydrogen) atoms. The molecule has 2 N–H and O–H groups in total. The molecule has 136 valence electrons. The van der Waals surface area contributed by atoms with Gasteiger partial charge in [0.15, 0.2) is 0 Å². The van der Waals surface area contributed by atoms with Crippen molar-refractivity contribution in [3.05, 3.63) is 60.2 Å². The topological polar surface area (TPSA) is 101 Å². The number of imidazole rings is 1. The molecule has 0 fully saturated rings. The number of nitrogens with one attached hydrogen (secondary N) is 2. The van der Waals surface area contributed by atoms with E-state index < -0.39 is 0 Å². The molecule has 8 heteroatoms. The predicted molar refractivity (Wildman–Crippen MR) is 102 cm³/mol. The van der Waals surface area contributed by atoms with Crippen molar-refractivity contribution in [2.75, 3.05) is 5.32 Å². The average molecular weight is 361 g/mol. The Morgan fingerprint density at radius 2 is 1.96 bits per heavy atom. The molecule has 0 aliphatic heterocycles. The number of hydrogen-bond donors (Lipinski definition) is 2. The summed E-state index contributed by atoms with van der Waals surface area (Å²) in [5.41, 5.74) is 3.44. The molecule has 0 atom stereocenters. The molecule has 0 unspecified atom stereocenters. The maximum Gasteiger partial charge on any atom is 0.257 e. The molecule has 2 aromatic carbocycles. The van der Waals surface area contributed by atoms with E-state index in [0.717, 1.165) is 16.9 Å². The summed E-state index contributed by atoms with van der Waals surface area (Å²) in [5.74, 6) is 0.668. The van der Waals surface area contributed by atoms with Crippen molar-refractivity contribution in [2.45, 2.75) is 26.2 Å². The van der Waals surface area contributed by atoms with Crippen LogP contribution in [0.1, 0.15) is 37.0 Å². The largest absolute Gasteiger partial charge is 0.341 e. The maximum atomic E-state index is 12.8. The van der Waals surface area contributed by atoms with Gasteiger partial charge in [0.25, 0.3) is 5.91 Å². The number of amides is 1. The lowest BCUT2D eigenvalue weighted by atomic mass is 9.96. The molecule has 0 bridgehead atoms. The zero-order valence-electron chi connectivity index (χ0n) is 15.3. The fraction of sp³-hybridized carbons (Fsp3) is 0.211. The van der Waals surface area contributed by atoms with Crippen LogP contribution in [-0.4, -0.2) is 36.1 Å². The molecule has 0 aliphatic carbocycles. The molecule has 1 amide bonds. The Labute approximate surface area is 155 Å². The Morgan fingerprint density at radius 1 is 1.15 bits per heavy atom. The van der Waals surface area contributed by atoms with Crippen LogP contribution in [0.25, 0.3) is 16.7 Å². The zero-order chi connectivity index (χ0) is 19.0. The lowest BCUT2D eigenvalue weighted by Gasteiger charge is -2.13. The molecule has 4 rings (SSSR count). The van der Waals surface area contributed by atoms with Crippen molar-refractivity contribution in [2.24, 2.45) is 0 Å². The van der Waals surface area contributed by atoms with Crippen LogP contribution in [0.5, 0.6) is 0 Å². The van der Waals surface area contributed by atoms with Crippen LogP contribution in [0.15, 0.2) is 48.8 Å². The van der Waals surface area contributed by atoms with Crippen molar-refractivity contribution >= 4 is 22.6 Å². The molecule has 4 aromatic rings. The van der Waals surface area contributed by atoms with Gasteiger partial charge < -0.3 is 10.3 Å². The van der Waals surface area contributed by atoms with Gasteiger partial charge >= 0.3 is 0 Å². The second-order valence-electron chi connectivity index (χ2n) is 7.29. The van der Waals surface area contributed by atoms with E-state index in [9.17, 15) is 4.79 Å². The van der Waals surface area contributed by atoms with E-state index in [0.29, 0.717) is 16.9 Å². The van der Waals surface area contributed by atoms with Gasteiger partial charge in [0.1, 0.15) is 12.2 Å². The van der Waals surface area contributed by atoms with E-state index in [4.69, 9.17) is 0 Å². The summed E-state index contributed by atoms with van der Waals surface area (Å²) in [6.45, 7) is 6.30. The van der Waals surface area contributed by atoms with E-state index >= 15 is 0 Å². The maximum absolute atomic E-state index is 12.8. The molecular formula is C19H19N7O. The highest BCUT2D eigenvalue weighted by molar-refractivity contribution is 6.07. The Hall–Kier alpha value is -3.55. The van der Waals surface area contributed by atoms with Crippen LogP contribution >= 0.6 is 0 Å². The Balaban J connectivity index is 1.64. The number of rotatable bonds is 3. The van der Waals surface area contributed by atoms with Crippen LogP contribution in [0.2, 0.25) is 0 Å². The molecular weight excluding hydrogens is 342 g/mol. The lowest BCUT2D eigenvalue weighted by Crippen LogP contribution is -2.15. The number of para-hydroxylation sites is 1. The number of fused-ring (bicyclic) bond motifs is 1. The Morgan fingerprint density at radius 3 is 2.70 bits per heavy atom. The fourth-order valence-corrected chi connectivity index (χ4v) is 2.78. The molecule has 2 aromatic heterocycles. The van der Waals surface area contributed by atoms with Crippen LogP contribution in [0.3, 0.4) is 0 Å². The van der Waals surface area contributed by atoms with E-state index in [-0.39, 0.29) is 11.3 Å². The third-order valence-corrected chi connectivity index (χ3v) is 4.19. The third-order valence-electron chi connectivity index (χ3n) is 4.19. The quantitative estimate of drug-likeness (QED) is 0.584. The first kappa shape index (κ1) is 16.9. The summed E-state index contributed by atoms with van der Waals surface area (Å²) in [4.78, 5) is 20.8. The second kappa shape index (κ2) is 6.31. The summed E-state index contributed by atoms with van der Waals surface area (Å²) in [6.07, 6.45) is 1.46. The summed E-state index contributed by atoms with van der Waals surface area (Å²) >= 11 is 0. The van der Waals surface area contributed by atoms with Gasteiger partial charge in [-0.2, -0.15) is 4.68 Å². The van der Waals surface area contributed by atoms with Crippen molar-refractivity contribution in [3.63, 3.8) is 0 Å². The molecule has 0 saturated heterocycles. The van der Waals surface area contributed by atoms with Crippen molar-refractivity contribution in [1.29, 1.82) is 0 Å². The highest BCUT2D eigenvalue weighted by Gasteiger charge is 2.19. The number of H-pyrrole nitrogens is 1. The van der Waals surface area contributed by atoms with Crippen LogP contribution in [0, 0.1) is 0 Å². The smallest absolute Gasteiger partial charge is 0.257 e. The molecule has 0 saturated carbocycles. The summed E-state index contributed by atoms with van der Waals surface area (Å²) < 4.78 is 1.46. The van der Waals surface area contributed by atoms with Gasteiger partial charge in [0, 0.05) is 11.1 Å². The lowest BCUT2D eigenvalue weighted by molar-refractivity contribution is 0.102. The van der Waals surface area contributed by atoms with E-state index in [2.05, 4.69) is 51.6 Å². The standard InChI is InChI=1S/C19H19N7O/c1-19(2,3)18-22-14-9-8-12(10-15(14)23-18)21-17(27)13-6-4-5-7-16(13)26-11-20-24-25-26/h4-11H,1-3H3,(H,21,27)(H,22,23). The molecule has 0 spiro atoms. The number of aromatic amines is 1. The summed E-state index contributed by atoms with van der Waals surface area (Å²) in [7, 11) is 0. The minimum atomic E-state index is -0.240. The number of nitrogens with zero attached hydrogens (tertiary/aromatic N) is 5. The first-order chi connectivity index (χ1) is 12.9. The Kier molecular flexibility index (Phi) is 3.95. The van der Waals surface area contributed by atoms with E-state index in [1.165, 1.54) is 11.0 Å². The minimum Gasteiger partial charge on any atom is -0.341 e. The number of tetrazole rings is 1. The van der Waals surface area contributed by atoms with Gasteiger partial charge in [-0.25, -0.2) is 4.98 Å². The monoisotopic (exact) mass is 361 g/mol. The van der Waals surface area contributed by atoms with Gasteiger partial charge in [-0.3, -0.25) is 4.79 Å². The van der Waals surface area contributed by atoms with Crippen LogP contribution in [-0.2, 0) is 5.41 Å². The van der Waals surface area contributed by atoms with Gasteiger partial charge in [0.05, 0.1) is 22.3 Å². The van der Waals surface area contributed by atoms with Gasteiger partial charge in [-0.05, 0) is 40.8 Å². The fourth-order valence-electron chi connectivity index (χ4n) is 2.78. The molecule has 0 radical (unpaired) electrons. The number of benzene rings is 2. The summed E-state index contributed by atoms with van der Waals surface area (Å²) in [5, 5.41) is 14.1. The third kappa shape index (κ3) is 3.29. The van der Waals surface area contributed by atoms with Gasteiger partial charge in [-0.15, -0.1) is 5.10 Å². The zero-order valence-corrected chi connectivity index (χ0v) is 15.3. The van der Waals surface area contributed by atoms with Gasteiger partial charge in [-0.1, -0.05) is 32.9 Å². The van der Waals surface area contributed by atoms with Crippen molar-refractivity contribution in [3.8, 4) is 5.69 Å². The first-order valence-corrected chi connectivity index (χ1v) is 8.56. The summed E-state index contributed by atoms with van der Waals surface area (Å²) in [6, 6.07) is 12.8. The number of carbonyl (C=O) groups excluding carboxylic acids is 1. The SMILES string of the molecule is CC(C)(C)c1nc2ccc(NC(=O)c3ccccc3-n3cnnn3)cc2[nH]1. The Bertz CT molecular complexity index is 1110. The van der Waals surface area contributed by atoms with Crippen LogP contribution in [0.4, 0.5) is 5.69 Å². The molecule has 0 aliphatic rings. The van der Waals surface area contributed by atoms with E-state index in [1.54, 1.807) is 18.2 Å².